The summed E-state index contributed by atoms with van der Waals surface area (Å²) in [7, 11) is 0. The van der Waals surface area contributed by atoms with Crippen LogP contribution in [0.1, 0.15) is 53.5 Å². The zero-order valence-corrected chi connectivity index (χ0v) is 27.1. The highest BCUT2D eigenvalue weighted by molar-refractivity contribution is 5.98. The van der Waals surface area contributed by atoms with Crippen LogP contribution in [0.25, 0.3) is 12.2 Å². The van der Waals surface area contributed by atoms with Crippen LogP contribution in [0.15, 0.2) is 109 Å². The number of hydrogen-bond donors (Lipinski definition) is 1. The molecular weight excluding hydrogens is 598 g/mol. The van der Waals surface area contributed by atoms with Gasteiger partial charge in [0, 0.05) is 25.2 Å². The van der Waals surface area contributed by atoms with Gasteiger partial charge in [0.2, 0.25) is 17.7 Å². The molecule has 2 fully saturated rings. The molecule has 7 nitrogen and oxygen atoms in total. The van der Waals surface area contributed by atoms with Gasteiger partial charge in [-0.3, -0.25) is 19.2 Å². The Bertz CT molecular complexity index is 1620. The minimum Gasteiger partial charge on any atom is -0.332 e. The maximum absolute atomic E-state index is 13.2. The minimum atomic E-state index is -0.460. The molecule has 0 saturated carbocycles. The number of rotatable bonds is 11. The molecule has 4 aromatic rings. The van der Waals surface area contributed by atoms with E-state index in [-0.39, 0.29) is 29.5 Å². The van der Waals surface area contributed by atoms with Crippen molar-refractivity contribution >= 4 is 41.3 Å². The Labute approximate surface area is 282 Å². The van der Waals surface area contributed by atoms with E-state index in [1.165, 1.54) is 0 Å². The van der Waals surface area contributed by atoms with Crippen LogP contribution in [0.5, 0.6) is 0 Å². The molecule has 2 heterocycles. The summed E-state index contributed by atoms with van der Waals surface area (Å²) in [5, 5.41) is 2.99. The summed E-state index contributed by atoms with van der Waals surface area (Å²) in [5.74, 6) is -0.0797. The van der Waals surface area contributed by atoms with E-state index in [1.54, 1.807) is 9.80 Å². The van der Waals surface area contributed by atoms with Gasteiger partial charge >= 0.3 is 0 Å². The van der Waals surface area contributed by atoms with Crippen molar-refractivity contribution in [2.24, 2.45) is 0 Å². The normalized spacial score (nSPS) is 17.5. The zero-order valence-electron chi connectivity index (χ0n) is 27.1. The van der Waals surface area contributed by atoms with Gasteiger partial charge in [-0.05, 0) is 65.6 Å². The van der Waals surface area contributed by atoms with E-state index in [4.69, 9.17) is 0 Å². The Hall–Kier alpha value is -5.30. The lowest BCUT2D eigenvalue weighted by molar-refractivity contribution is -0.136. The van der Waals surface area contributed by atoms with Crippen LogP contribution >= 0.6 is 0 Å². The molecule has 4 aromatic carbocycles. The van der Waals surface area contributed by atoms with Crippen molar-refractivity contribution in [1.82, 2.24) is 9.80 Å². The Kier molecular flexibility index (Phi) is 10.6. The van der Waals surface area contributed by atoms with Crippen molar-refractivity contribution in [2.45, 2.75) is 57.0 Å². The summed E-state index contributed by atoms with van der Waals surface area (Å²) >= 11 is 0. The molecule has 3 amide bonds. The number of hydrogen-bond acceptors (Lipinski definition) is 4. The third-order valence-electron chi connectivity index (χ3n) is 9.22. The average molecular weight is 640 g/mol. The van der Waals surface area contributed by atoms with Crippen molar-refractivity contribution in [1.29, 1.82) is 0 Å². The van der Waals surface area contributed by atoms with Crippen molar-refractivity contribution in [2.75, 3.05) is 18.4 Å². The first-order valence-electron chi connectivity index (χ1n) is 16.8. The van der Waals surface area contributed by atoms with Crippen LogP contribution < -0.4 is 5.32 Å². The SMILES string of the molecule is O=C(Cc1ccc(/C=C/c2ccc(NC(=O)[C@@H]3CCCN3C(=O)Cc3ccccc3)cc2)cc1)[C@@H]1CCCN1C(=O)Cc1ccccc1. The van der Waals surface area contributed by atoms with E-state index in [0.29, 0.717) is 44.5 Å². The van der Waals surface area contributed by atoms with Gasteiger partial charge in [0.15, 0.2) is 5.78 Å². The molecule has 2 atom stereocenters. The molecule has 7 heteroatoms. The number of benzene rings is 4. The quantitative estimate of drug-likeness (QED) is 0.193. The first kappa shape index (κ1) is 32.6. The van der Waals surface area contributed by atoms with Gasteiger partial charge in [-0.1, -0.05) is 109 Å². The minimum absolute atomic E-state index is 0.0134. The highest BCUT2D eigenvalue weighted by Gasteiger charge is 2.35. The molecule has 48 heavy (non-hydrogen) atoms. The van der Waals surface area contributed by atoms with Crippen LogP contribution in [0.2, 0.25) is 0 Å². The Balaban J connectivity index is 0.985. The molecule has 244 valence electrons. The van der Waals surface area contributed by atoms with E-state index < -0.39 is 6.04 Å². The van der Waals surface area contributed by atoms with Gasteiger partial charge in [0.05, 0.1) is 18.9 Å². The molecule has 0 unspecified atom stereocenters. The first-order valence-corrected chi connectivity index (χ1v) is 16.8. The number of likely N-dealkylation sites (tertiary alicyclic amines) is 2. The highest BCUT2D eigenvalue weighted by Crippen LogP contribution is 2.23. The molecule has 0 radical (unpaired) electrons. The lowest BCUT2D eigenvalue weighted by Crippen LogP contribution is -2.43. The number of amides is 3. The standard InChI is InChI=1S/C41H41N3O4/c45-38(36-13-7-25-43(36)39(46)28-32-9-3-1-4-10-32)27-34-19-17-30(18-20-34)15-16-31-21-23-35(24-22-31)42-41(48)37-14-8-26-44(37)40(47)29-33-11-5-2-6-12-33/h1-6,9-12,15-24,36-37H,7-8,13-14,25-29H2,(H,42,48)/b16-15+/t36-,37-/m0/s1. The lowest BCUT2D eigenvalue weighted by atomic mass is 10.0. The molecule has 2 saturated heterocycles. The van der Waals surface area contributed by atoms with Gasteiger partial charge < -0.3 is 15.1 Å². The maximum atomic E-state index is 13.2. The van der Waals surface area contributed by atoms with Crippen LogP contribution in [-0.4, -0.2) is 58.5 Å². The highest BCUT2D eigenvalue weighted by atomic mass is 16.2. The van der Waals surface area contributed by atoms with E-state index in [2.05, 4.69) is 5.32 Å². The van der Waals surface area contributed by atoms with Gasteiger partial charge in [-0.15, -0.1) is 0 Å². The molecule has 0 bridgehead atoms. The molecule has 2 aliphatic heterocycles. The van der Waals surface area contributed by atoms with E-state index in [9.17, 15) is 19.2 Å². The molecular formula is C41H41N3O4. The Morgan fingerprint density at radius 2 is 1.02 bits per heavy atom. The summed E-state index contributed by atoms with van der Waals surface area (Å²) < 4.78 is 0. The van der Waals surface area contributed by atoms with Gasteiger partial charge in [-0.2, -0.15) is 0 Å². The molecule has 0 aromatic heterocycles. The molecule has 0 spiro atoms. The van der Waals surface area contributed by atoms with E-state index in [0.717, 1.165) is 47.1 Å². The third kappa shape index (κ3) is 8.34. The van der Waals surface area contributed by atoms with Crippen molar-refractivity contribution in [3.05, 3.63) is 137 Å². The second-order valence-electron chi connectivity index (χ2n) is 12.6. The molecule has 1 N–H and O–H groups in total. The molecule has 0 aliphatic carbocycles. The summed E-state index contributed by atoms with van der Waals surface area (Å²) in [6.07, 6.45) is 7.97. The van der Waals surface area contributed by atoms with Crippen LogP contribution in [0.4, 0.5) is 5.69 Å². The van der Waals surface area contributed by atoms with Gasteiger partial charge in [-0.25, -0.2) is 0 Å². The summed E-state index contributed by atoms with van der Waals surface area (Å²) in [4.78, 5) is 55.7. The Morgan fingerprint density at radius 1 is 0.562 bits per heavy atom. The monoisotopic (exact) mass is 639 g/mol. The second-order valence-corrected chi connectivity index (χ2v) is 12.6. The summed E-state index contributed by atoms with van der Waals surface area (Å²) in [6, 6.07) is 34.0. The molecule has 2 aliphatic rings. The number of ketones is 1. The smallest absolute Gasteiger partial charge is 0.247 e. The summed E-state index contributed by atoms with van der Waals surface area (Å²) in [6.45, 7) is 1.23. The topological polar surface area (TPSA) is 86.8 Å². The Morgan fingerprint density at radius 3 is 1.56 bits per heavy atom. The number of nitrogens with one attached hydrogen (secondary N) is 1. The average Bonchev–Trinajstić information content (AvgIpc) is 3.81. The largest absolute Gasteiger partial charge is 0.332 e. The first-order chi connectivity index (χ1) is 23.4. The zero-order chi connectivity index (χ0) is 33.3. The van der Waals surface area contributed by atoms with Crippen molar-refractivity contribution in [3.63, 3.8) is 0 Å². The van der Waals surface area contributed by atoms with E-state index >= 15 is 0 Å². The third-order valence-corrected chi connectivity index (χ3v) is 9.22. The van der Waals surface area contributed by atoms with Gasteiger partial charge in [0.25, 0.3) is 0 Å². The number of carbonyl (C=O) groups is 4. The second kappa shape index (κ2) is 15.5. The van der Waals surface area contributed by atoms with Gasteiger partial charge in [0.1, 0.15) is 6.04 Å². The number of carbonyl (C=O) groups excluding carboxylic acids is 4. The van der Waals surface area contributed by atoms with Crippen molar-refractivity contribution in [3.8, 4) is 0 Å². The number of nitrogens with zero attached hydrogens (tertiary/aromatic N) is 2. The maximum Gasteiger partial charge on any atom is 0.247 e. The fraction of sp³-hybridized carbons (Fsp3) is 0.268. The predicted octanol–water partition coefficient (Wildman–Crippen LogP) is 6.37. The van der Waals surface area contributed by atoms with Crippen LogP contribution in [0.3, 0.4) is 0 Å². The van der Waals surface area contributed by atoms with E-state index in [1.807, 2.05) is 121 Å². The van der Waals surface area contributed by atoms with Crippen molar-refractivity contribution < 1.29 is 19.2 Å². The van der Waals surface area contributed by atoms with Crippen LogP contribution in [-0.2, 0) is 38.4 Å². The van der Waals surface area contributed by atoms with Crippen LogP contribution in [0, 0.1) is 0 Å². The number of anilines is 1. The molecule has 6 rings (SSSR count). The number of Topliss-reactive ketones (excluding diaryl/α,β-unsaturated/α-hetero) is 1. The summed E-state index contributed by atoms with van der Waals surface area (Å²) in [5.41, 5.74) is 5.52. The predicted molar refractivity (Wildman–Crippen MR) is 189 cm³/mol. The fourth-order valence-corrected chi connectivity index (χ4v) is 6.64. The fourth-order valence-electron chi connectivity index (χ4n) is 6.64. The lowest BCUT2D eigenvalue weighted by Gasteiger charge is -2.24.